The fourth-order valence-corrected chi connectivity index (χ4v) is 2.30. The average Bonchev–Trinajstić information content (AvgIpc) is 2.81. The van der Waals surface area contributed by atoms with Gasteiger partial charge in [0.15, 0.2) is 0 Å². The van der Waals surface area contributed by atoms with Gasteiger partial charge in [0.1, 0.15) is 0 Å². The minimum absolute atomic E-state index is 0.0223. The largest absolute Gasteiger partial charge is 0.391 e. The smallest absolute Gasteiger partial charge is 0.220 e. The van der Waals surface area contributed by atoms with Crippen LogP contribution in [0.2, 0.25) is 5.02 Å². The molecule has 0 radical (unpaired) electrons. The van der Waals surface area contributed by atoms with Crippen molar-refractivity contribution < 1.29 is 9.90 Å². The summed E-state index contributed by atoms with van der Waals surface area (Å²) in [6, 6.07) is 7.52. The predicted molar refractivity (Wildman–Crippen MR) is 75.1 cm³/mol. The molecule has 1 fully saturated rings. The van der Waals surface area contributed by atoms with Crippen LogP contribution in [0.4, 0.5) is 0 Å². The normalized spacial score (nSPS) is 22.4. The van der Waals surface area contributed by atoms with E-state index in [-0.39, 0.29) is 17.9 Å². The van der Waals surface area contributed by atoms with Gasteiger partial charge in [-0.05, 0) is 24.1 Å². The van der Waals surface area contributed by atoms with Crippen molar-refractivity contribution in [3.8, 4) is 0 Å². The van der Waals surface area contributed by atoms with E-state index in [1.54, 1.807) is 0 Å². The third kappa shape index (κ3) is 4.49. The Bertz CT molecular complexity index is 422. The van der Waals surface area contributed by atoms with Gasteiger partial charge < -0.3 is 15.7 Å². The summed E-state index contributed by atoms with van der Waals surface area (Å²) in [5.74, 6) is 0.147. The molecule has 2 unspecified atom stereocenters. The molecule has 0 aromatic heterocycles. The zero-order valence-electron chi connectivity index (χ0n) is 10.7. The first-order chi connectivity index (χ1) is 9.15. The van der Waals surface area contributed by atoms with Crippen LogP contribution in [-0.4, -0.2) is 36.8 Å². The van der Waals surface area contributed by atoms with Gasteiger partial charge in [-0.1, -0.05) is 23.7 Å². The summed E-state index contributed by atoms with van der Waals surface area (Å²) in [6.45, 7) is 1.91. The summed E-state index contributed by atoms with van der Waals surface area (Å²) in [4.78, 5) is 11.7. The molecule has 1 heterocycles. The number of aliphatic hydroxyl groups is 1. The highest BCUT2D eigenvalue weighted by molar-refractivity contribution is 6.30. The molecule has 5 heteroatoms. The van der Waals surface area contributed by atoms with Gasteiger partial charge in [0.25, 0.3) is 0 Å². The second-order valence-corrected chi connectivity index (χ2v) is 5.35. The van der Waals surface area contributed by atoms with Crippen LogP contribution in [0.1, 0.15) is 12.0 Å². The van der Waals surface area contributed by atoms with E-state index in [9.17, 15) is 9.90 Å². The lowest BCUT2D eigenvalue weighted by Gasteiger charge is -2.14. The number of carbonyl (C=O) groups is 1. The Hall–Kier alpha value is -1.10. The predicted octanol–water partition coefficient (Wildman–Crippen LogP) is 0.969. The maximum Gasteiger partial charge on any atom is 0.220 e. The molecular formula is C14H19ClN2O2. The Morgan fingerprint density at radius 3 is 2.74 bits per heavy atom. The van der Waals surface area contributed by atoms with Gasteiger partial charge in [-0.25, -0.2) is 0 Å². The molecule has 19 heavy (non-hydrogen) atoms. The Labute approximate surface area is 118 Å². The highest BCUT2D eigenvalue weighted by Crippen LogP contribution is 2.11. The summed E-state index contributed by atoms with van der Waals surface area (Å²) in [5, 5.41) is 16.3. The van der Waals surface area contributed by atoms with Gasteiger partial charge in [-0.15, -0.1) is 0 Å². The average molecular weight is 283 g/mol. The third-order valence-corrected chi connectivity index (χ3v) is 3.67. The lowest BCUT2D eigenvalue weighted by Crippen LogP contribution is -2.34. The van der Waals surface area contributed by atoms with E-state index < -0.39 is 0 Å². The van der Waals surface area contributed by atoms with Gasteiger partial charge >= 0.3 is 0 Å². The van der Waals surface area contributed by atoms with Crippen LogP contribution in [0.3, 0.4) is 0 Å². The summed E-state index contributed by atoms with van der Waals surface area (Å²) in [5.41, 5.74) is 1.10. The van der Waals surface area contributed by atoms with E-state index >= 15 is 0 Å². The van der Waals surface area contributed by atoms with Gasteiger partial charge in [-0.2, -0.15) is 0 Å². The molecule has 2 rings (SSSR count). The molecule has 0 bridgehead atoms. The number of hydrogen-bond donors (Lipinski definition) is 3. The Morgan fingerprint density at radius 2 is 2.11 bits per heavy atom. The van der Waals surface area contributed by atoms with E-state index in [2.05, 4.69) is 10.6 Å². The Morgan fingerprint density at radius 1 is 1.37 bits per heavy atom. The number of halogens is 1. The van der Waals surface area contributed by atoms with E-state index in [0.717, 1.165) is 12.1 Å². The van der Waals surface area contributed by atoms with E-state index in [4.69, 9.17) is 11.6 Å². The van der Waals surface area contributed by atoms with Gasteiger partial charge in [0.2, 0.25) is 5.91 Å². The number of aryl methyl sites for hydroxylation is 1. The lowest BCUT2D eigenvalue weighted by atomic mass is 10.1. The Balaban J connectivity index is 1.68. The fraction of sp³-hybridized carbons (Fsp3) is 0.500. The number of benzene rings is 1. The minimum Gasteiger partial charge on any atom is -0.391 e. The van der Waals surface area contributed by atoms with Crippen LogP contribution in [0.25, 0.3) is 0 Å². The van der Waals surface area contributed by atoms with Crippen molar-refractivity contribution in [1.29, 1.82) is 0 Å². The van der Waals surface area contributed by atoms with Crippen LogP contribution in [0, 0.1) is 5.92 Å². The monoisotopic (exact) mass is 282 g/mol. The summed E-state index contributed by atoms with van der Waals surface area (Å²) in [6.07, 6.45) is 0.809. The van der Waals surface area contributed by atoms with Crippen molar-refractivity contribution >= 4 is 17.5 Å². The summed E-state index contributed by atoms with van der Waals surface area (Å²) >= 11 is 5.80. The summed E-state index contributed by atoms with van der Waals surface area (Å²) in [7, 11) is 0. The highest BCUT2D eigenvalue weighted by atomic mass is 35.5. The molecule has 0 aliphatic carbocycles. The first-order valence-corrected chi connectivity index (χ1v) is 6.93. The molecule has 1 amide bonds. The van der Waals surface area contributed by atoms with Crippen LogP contribution in [0.5, 0.6) is 0 Å². The van der Waals surface area contributed by atoms with Crippen LogP contribution in [-0.2, 0) is 11.2 Å². The SMILES string of the molecule is O=C(CCc1ccc(Cl)cc1)NCC1CNCC1O. The second-order valence-electron chi connectivity index (χ2n) is 4.92. The third-order valence-electron chi connectivity index (χ3n) is 3.42. The van der Waals surface area contributed by atoms with E-state index in [1.807, 2.05) is 24.3 Å². The molecule has 0 spiro atoms. The Kier molecular flexibility index (Phi) is 5.19. The molecule has 4 nitrogen and oxygen atoms in total. The molecule has 1 aromatic rings. The van der Waals surface area contributed by atoms with Crippen molar-refractivity contribution in [3.63, 3.8) is 0 Å². The molecular weight excluding hydrogens is 264 g/mol. The van der Waals surface area contributed by atoms with Gasteiger partial charge in [0, 0.05) is 37.0 Å². The first-order valence-electron chi connectivity index (χ1n) is 6.55. The number of hydrogen-bond acceptors (Lipinski definition) is 3. The van der Waals surface area contributed by atoms with E-state index in [0.29, 0.717) is 31.0 Å². The quantitative estimate of drug-likeness (QED) is 0.754. The summed E-state index contributed by atoms with van der Waals surface area (Å²) < 4.78 is 0. The standard InChI is InChI=1S/C14H19ClN2O2/c15-12-4-1-10(2-5-12)3-6-14(19)17-8-11-7-16-9-13(11)18/h1-2,4-5,11,13,16,18H,3,6-9H2,(H,17,19). The fourth-order valence-electron chi connectivity index (χ4n) is 2.17. The number of amides is 1. The maximum atomic E-state index is 11.7. The molecule has 1 aromatic carbocycles. The molecule has 1 aliphatic heterocycles. The molecule has 1 aliphatic rings. The molecule has 3 N–H and O–H groups in total. The van der Waals surface area contributed by atoms with Crippen LogP contribution in [0.15, 0.2) is 24.3 Å². The first kappa shape index (κ1) is 14.3. The van der Waals surface area contributed by atoms with Crippen molar-refractivity contribution in [2.45, 2.75) is 18.9 Å². The number of rotatable bonds is 5. The van der Waals surface area contributed by atoms with Crippen molar-refractivity contribution in [1.82, 2.24) is 10.6 Å². The molecule has 2 atom stereocenters. The lowest BCUT2D eigenvalue weighted by molar-refractivity contribution is -0.121. The highest BCUT2D eigenvalue weighted by Gasteiger charge is 2.24. The number of β-amino-alcohol motifs (C(OH)–C–C–N with tert-alkyl or cyclic N) is 1. The van der Waals surface area contributed by atoms with Crippen LogP contribution >= 0.6 is 11.6 Å². The van der Waals surface area contributed by atoms with E-state index in [1.165, 1.54) is 0 Å². The zero-order chi connectivity index (χ0) is 13.7. The second kappa shape index (κ2) is 6.89. The minimum atomic E-state index is -0.350. The van der Waals surface area contributed by atoms with Crippen molar-refractivity contribution in [3.05, 3.63) is 34.9 Å². The molecule has 1 saturated heterocycles. The number of carbonyl (C=O) groups excluding carboxylic acids is 1. The zero-order valence-corrected chi connectivity index (χ0v) is 11.5. The maximum absolute atomic E-state index is 11.7. The van der Waals surface area contributed by atoms with Gasteiger partial charge in [-0.3, -0.25) is 4.79 Å². The van der Waals surface area contributed by atoms with Crippen molar-refractivity contribution in [2.75, 3.05) is 19.6 Å². The molecule has 104 valence electrons. The topological polar surface area (TPSA) is 61.4 Å². The van der Waals surface area contributed by atoms with Gasteiger partial charge in [0.05, 0.1) is 6.10 Å². The molecule has 0 saturated carbocycles. The van der Waals surface area contributed by atoms with Crippen LogP contribution < -0.4 is 10.6 Å². The number of aliphatic hydroxyl groups excluding tert-OH is 1. The number of nitrogens with one attached hydrogen (secondary N) is 2. The van der Waals surface area contributed by atoms with Crippen molar-refractivity contribution in [2.24, 2.45) is 5.92 Å².